The predicted molar refractivity (Wildman–Crippen MR) is 96.9 cm³/mol. The third kappa shape index (κ3) is 4.20. The van der Waals surface area contributed by atoms with Crippen LogP contribution in [-0.4, -0.2) is 32.6 Å². The molecule has 5 nitrogen and oxygen atoms in total. The Morgan fingerprint density at radius 1 is 1.29 bits per heavy atom. The highest BCUT2D eigenvalue weighted by atomic mass is 32.1. The van der Waals surface area contributed by atoms with Crippen LogP contribution in [0.4, 0.5) is 0 Å². The SMILES string of the molecule is CN(Cc1cnn(C)c1)C(=O)CCCCc1nc2ccccc2s1. The second-order valence-electron chi connectivity index (χ2n) is 6.05. The van der Waals surface area contributed by atoms with Gasteiger partial charge < -0.3 is 4.90 Å². The summed E-state index contributed by atoms with van der Waals surface area (Å²) in [6, 6.07) is 8.21. The first kappa shape index (κ1) is 16.6. The molecule has 3 aromatic rings. The van der Waals surface area contributed by atoms with Gasteiger partial charge in [-0.2, -0.15) is 5.10 Å². The molecule has 0 aliphatic rings. The molecule has 0 spiro atoms. The molecule has 2 aromatic heterocycles. The van der Waals surface area contributed by atoms with Crippen molar-refractivity contribution in [1.82, 2.24) is 19.7 Å². The number of aryl methyl sites for hydroxylation is 2. The first-order valence-electron chi connectivity index (χ1n) is 8.18. The third-order valence-corrected chi connectivity index (χ3v) is 5.07. The first-order valence-corrected chi connectivity index (χ1v) is 8.99. The lowest BCUT2D eigenvalue weighted by Crippen LogP contribution is -2.25. The van der Waals surface area contributed by atoms with Crippen LogP contribution in [0, 0.1) is 0 Å². The van der Waals surface area contributed by atoms with Gasteiger partial charge in [-0.25, -0.2) is 4.98 Å². The first-order chi connectivity index (χ1) is 11.6. The number of para-hydroxylation sites is 1. The average Bonchev–Trinajstić information content (AvgIpc) is 3.16. The smallest absolute Gasteiger partial charge is 0.222 e. The van der Waals surface area contributed by atoms with Crippen LogP contribution < -0.4 is 0 Å². The van der Waals surface area contributed by atoms with E-state index >= 15 is 0 Å². The molecule has 0 aliphatic carbocycles. The van der Waals surface area contributed by atoms with Gasteiger partial charge in [-0.3, -0.25) is 9.48 Å². The van der Waals surface area contributed by atoms with Gasteiger partial charge in [0, 0.05) is 38.8 Å². The number of rotatable bonds is 7. The molecule has 0 bridgehead atoms. The zero-order chi connectivity index (χ0) is 16.9. The molecule has 0 radical (unpaired) electrons. The van der Waals surface area contributed by atoms with Gasteiger partial charge >= 0.3 is 0 Å². The van der Waals surface area contributed by atoms with Crippen molar-refractivity contribution in [2.45, 2.75) is 32.2 Å². The Bertz CT molecular complexity index is 790. The van der Waals surface area contributed by atoms with E-state index in [-0.39, 0.29) is 5.91 Å². The summed E-state index contributed by atoms with van der Waals surface area (Å²) < 4.78 is 2.99. The van der Waals surface area contributed by atoms with Crippen LogP contribution >= 0.6 is 11.3 Å². The van der Waals surface area contributed by atoms with Gasteiger partial charge in [0.15, 0.2) is 0 Å². The Labute approximate surface area is 145 Å². The Hall–Kier alpha value is -2.21. The molecule has 0 unspecified atom stereocenters. The Balaban J connectivity index is 1.41. The largest absolute Gasteiger partial charge is 0.341 e. The minimum Gasteiger partial charge on any atom is -0.341 e. The van der Waals surface area contributed by atoms with E-state index in [0.717, 1.165) is 35.4 Å². The third-order valence-electron chi connectivity index (χ3n) is 3.97. The number of thiazole rings is 1. The van der Waals surface area contributed by atoms with Gasteiger partial charge in [-0.1, -0.05) is 12.1 Å². The molecule has 1 aromatic carbocycles. The van der Waals surface area contributed by atoms with Crippen molar-refractivity contribution in [2.75, 3.05) is 7.05 Å². The van der Waals surface area contributed by atoms with E-state index in [0.29, 0.717) is 13.0 Å². The van der Waals surface area contributed by atoms with Crippen LogP contribution in [-0.2, 0) is 24.8 Å². The van der Waals surface area contributed by atoms with Gasteiger partial charge in [0.05, 0.1) is 21.4 Å². The molecule has 6 heteroatoms. The van der Waals surface area contributed by atoms with Gasteiger partial charge in [0.1, 0.15) is 0 Å². The van der Waals surface area contributed by atoms with E-state index in [2.05, 4.69) is 16.1 Å². The maximum Gasteiger partial charge on any atom is 0.222 e. The van der Waals surface area contributed by atoms with Crippen LogP contribution in [0.2, 0.25) is 0 Å². The number of carbonyl (C=O) groups excluding carboxylic acids is 1. The van der Waals surface area contributed by atoms with E-state index < -0.39 is 0 Å². The lowest BCUT2D eigenvalue weighted by Gasteiger charge is -2.15. The van der Waals surface area contributed by atoms with Crippen LogP contribution in [0.1, 0.15) is 29.8 Å². The molecule has 0 aliphatic heterocycles. The van der Waals surface area contributed by atoms with Crippen molar-refractivity contribution in [2.24, 2.45) is 7.05 Å². The maximum absolute atomic E-state index is 12.2. The van der Waals surface area contributed by atoms with E-state index in [9.17, 15) is 4.79 Å². The number of hydrogen-bond donors (Lipinski definition) is 0. The lowest BCUT2D eigenvalue weighted by atomic mass is 10.2. The molecular formula is C18H22N4OS. The number of carbonyl (C=O) groups is 1. The fraction of sp³-hybridized carbons (Fsp3) is 0.389. The Morgan fingerprint density at radius 3 is 2.88 bits per heavy atom. The summed E-state index contributed by atoms with van der Waals surface area (Å²) >= 11 is 1.75. The lowest BCUT2D eigenvalue weighted by molar-refractivity contribution is -0.130. The molecule has 126 valence electrons. The van der Waals surface area contributed by atoms with Crippen molar-refractivity contribution in [3.05, 3.63) is 47.2 Å². The van der Waals surface area contributed by atoms with E-state index in [1.807, 2.05) is 38.5 Å². The monoisotopic (exact) mass is 342 g/mol. The summed E-state index contributed by atoms with van der Waals surface area (Å²) in [7, 11) is 3.73. The molecule has 2 heterocycles. The number of fused-ring (bicyclic) bond motifs is 1. The van der Waals surface area contributed by atoms with Gasteiger partial charge in [-0.15, -0.1) is 11.3 Å². The van der Waals surface area contributed by atoms with Crippen LogP contribution in [0.3, 0.4) is 0 Å². The summed E-state index contributed by atoms with van der Waals surface area (Å²) in [6.45, 7) is 0.616. The normalized spacial score (nSPS) is 11.1. The highest BCUT2D eigenvalue weighted by molar-refractivity contribution is 7.18. The van der Waals surface area contributed by atoms with Crippen molar-refractivity contribution in [3.63, 3.8) is 0 Å². The molecule has 3 rings (SSSR count). The Morgan fingerprint density at radius 2 is 2.12 bits per heavy atom. The highest BCUT2D eigenvalue weighted by Gasteiger charge is 2.10. The van der Waals surface area contributed by atoms with Gasteiger partial charge in [0.2, 0.25) is 5.91 Å². The minimum atomic E-state index is 0.183. The Kier molecular flexibility index (Phi) is 5.25. The van der Waals surface area contributed by atoms with Crippen molar-refractivity contribution in [3.8, 4) is 0 Å². The molecule has 0 saturated carbocycles. The number of unbranched alkanes of at least 4 members (excludes halogenated alkanes) is 1. The van der Waals surface area contributed by atoms with E-state index in [4.69, 9.17) is 0 Å². The molecule has 24 heavy (non-hydrogen) atoms. The number of benzene rings is 1. The molecule has 0 fully saturated rings. The van der Waals surface area contributed by atoms with Crippen molar-refractivity contribution in [1.29, 1.82) is 0 Å². The molecular weight excluding hydrogens is 320 g/mol. The predicted octanol–water partition coefficient (Wildman–Crippen LogP) is 3.40. The summed E-state index contributed by atoms with van der Waals surface area (Å²) in [6.07, 6.45) is 7.16. The van der Waals surface area contributed by atoms with Crippen LogP contribution in [0.25, 0.3) is 10.2 Å². The fourth-order valence-corrected chi connectivity index (χ4v) is 3.69. The van der Waals surface area contributed by atoms with Crippen molar-refractivity contribution < 1.29 is 4.79 Å². The fourth-order valence-electron chi connectivity index (χ4n) is 2.69. The maximum atomic E-state index is 12.2. The number of amides is 1. The molecule has 0 N–H and O–H groups in total. The quantitative estimate of drug-likeness (QED) is 0.618. The standard InChI is InChI=1S/C18H22N4OS/c1-21(12-14-11-19-22(2)13-14)18(23)10-6-5-9-17-20-15-7-3-4-8-16(15)24-17/h3-4,7-8,11,13H,5-6,9-10,12H2,1-2H3. The summed E-state index contributed by atoms with van der Waals surface area (Å²) in [5.74, 6) is 0.183. The van der Waals surface area contributed by atoms with Gasteiger partial charge in [0.25, 0.3) is 0 Å². The molecule has 0 atom stereocenters. The number of hydrogen-bond acceptors (Lipinski definition) is 4. The summed E-state index contributed by atoms with van der Waals surface area (Å²) in [4.78, 5) is 18.6. The van der Waals surface area contributed by atoms with Crippen molar-refractivity contribution >= 4 is 27.5 Å². The topological polar surface area (TPSA) is 51.0 Å². The number of nitrogens with zero attached hydrogens (tertiary/aromatic N) is 4. The second kappa shape index (κ2) is 7.57. The summed E-state index contributed by atoms with van der Waals surface area (Å²) in [5.41, 5.74) is 2.13. The molecule has 1 amide bonds. The van der Waals surface area contributed by atoms with Crippen LogP contribution in [0.15, 0.2) is 36.7 Å². The minimum absolute atomic E-state index is 0.183. The highest BCUT2D eigenvalue weighted by Crippen LogP contribution is 2.22. The second-order valence-corrected chi connectivity index (χ2v) is 7.17. The summed E-state index contributed by atoms with van der Waals surface area (Å²) in [5, 5.41) is 5.29. The van der Waals surface area contributed by atoms with Gasteiger partial charge in [-0.05, 0) is 31.4 Å². The van der Waals surface area contributed by atoms with E-state index in [1.54, 1.807) is 27.1 Å². The number of aromatic nitrogens is 3. The zero-order valence-corrected chi connectivity index (χ0v) is 14.9. The average molecular weight is 342 g/mol. The zero-order valence-electron chi connectivity index (χ0n) is 14.1. The van der Waals surface area contributed by atoms with E-state index in [1.165, 1.54) is 4.70 Å². The van der Waals surface area contributed by atoms with Crippen LogP contribution in [0.5, 0.6) is 0 Å². The molecule has 0 saturated heterocycles.